The van der Waals surface area contributed by atoms with E-state index in [0.717, 1.165) is 18.2 Å². The van der Waals surface area contributed by atoms with Gasteiger partial charge in [-0.1, -0.05) is 23.4 Å². The van der Waals surface area contributed by atoms with Gasteiger partial charge in [-0.2, -0.15) is 4.98 Å². The number of nitrogens with zero attached hydrogens (tertiary/aromatic N) is 2. The number of hydrogen-bond donors (Lipinski definition) is 0. The van der Waals surface area contributed by atoms with E-state index in [1.54, 1.807) is 24.3 Å². The second-order valence-corrected chi connectivity index (χ2v) is 4.92. The minimum Gasteiger partial charge on any atom is -0.497 e. The number of ether oxygens (including phenoxy) is 2. The first-order valence-electron chi connectivity index (χ1n) is 7.16. The van der Waals surface area contributed by atoms with Crippen LogP contribution in [0.15, 0.2) is 47.0 Å². The average molecular weight is 346 g/mol. The molecule has 0 saturated heterocycles. The minimum absolute atomic E-state index is 0.0112. The summed E-state index contributed by atoms with van der Waals surface area (Å²) in [6.07, 6.45) is 0. The summed E-state index contributed by atoms with van der Waals surface area (Å²) >= 11 is 0. The molecule has 25 heavy (non-hydrogen) atoms. The van der Waals surface area contributed by atoms with Gasteiger partial charge < -0.3 is 14.0 Å². The van der Waals surface area contributed by atoms with Crippen LogP contribution in [-0.4, -0.2) is 23.2 Å². The Bertz CT molecular complexity index is 891. The second-order valence-electron chi connectivity index (χ2n) is 4.92. The van der Waals surface area contributed by atoms with Crippen LogP contribution in [-0.2, 0) is 11.3 Å². The summed E-state index contributed by atoms with van der Waals surface area (Å²) in [7, 11) is 1.53. The number of rotatable bonds is 5. The first-order valence-corrected chi connectivity index (χ1v) is 7.16. The van der Waals surface area contributed by atoms with Crippen LogP contribution in [0.3, 0.4) is 0 Å². The first-order chi connectivity index (χ1) is 12.1. The van der Waals surface area contributed by atoms with Crippen molar-refractivity contribution in [3.63, 3.8) is 0 Å². The molecular formula is C17H12F2N2O4. The number of carbonyl (C=O) groups excluding carboxylic acids is 1. The molecule has 3 aromatic rings. The molecule has 1 heterocycles. The zero-order chi connectivity index (χ0) is 17.8. The largest absolute Gasteiger partial charge is 0.497 e. The predicted molar refractivity (Wildman–Crippen MR) is 81.8 cm³/mol. The topological polar surface area (TPSA) is 74.5 Å². The van der Waals surface area contributed by atoms with E-state index >= 15 is 0 Å². The highest BCUT2D eigenvalue weighted by atomic mass is 19.1. The second kappa shape index (κ2) is 7.08. The van der Waals surface area contributed by atoms with Gasteiger partial charge >= 0.3 is 5.97 Å². The molecule has 0 N–H and O–H groups in total. The van der Waals surface area contributed by atoms with Gasteiger partial charge in [0, 0.05) is 5.56 Å². The number of benzene rings is 2. The molecule has 0 fully saturated rings. The highest BCUT2D eigenvalue weighted by Crippen LogP contribution is 2.21. The number of esters is 1. The van der Waals surface area contributed by atoms with Crippen molar-refractivity contribution in [1.29, 1.82) is 0 Å². The van der Waals surface area contributed by atoms with Crippen molar-refractivity contribution in [2.75, 3.05) is 7.11 Å². The van der Waals surface area contributed by atoms with Crippen LogP contribution in [0.1, 0.15) is 16.2 Å². The Balaban J connectivity index is 1.70. The van der Waals surface area contributed by atoms with Gasteiger partial charge in [0.1, 0.15) is 22.9 Å². The van der Waals surface area contributed by atoms with E-state index < -0.39 is 29.8 Å². The zero-order valence-corrected chi connectivity index (χ0v) is 13.0. The number of aromatic nitrogens is 2. The molecule has 0 saturated carbocycles. The Kier molecular flexibility index (Phi) is 4.69. The molecule has 3 rings (SSSR count). The first kappa shape index (κ1) is 16.6. The lowest BCUT2D eigenvalue weighted by Crippen LogP contribution is -2.10. The Morgan fingerprint density at radius 3 is 2.60 bits per heavy atom. The standard InChI is InChI=1S/C17H12F2N2O4/c1-23-11-5-2-4-10(8-11)16-20-14(25-21-16)9-24-17(22)15-12(18)6-3-7-13(15)19/h2-8H,9H2,1H3. The fourth-order valence-electron chi connectivity index (χ4n) is 2.09. The number of hydrogen-bond acceptors (Lipinski definition) is 6. The molecule has 8 heteroatoms. The smallest absolute Gasteiger partial charge is 0.344 e. The molecule has 0 aliphatic heterocycles. The van der Waals surface area contributed by atoms with Crippen LogP contribution in [0.5, 0.6) is 5.75 Å². The molecule has 0 aliphatic rings. The van der Waals surface area contributed by atoms with E-state index in [4.69, 9.17) is 14.0 Å². The third kappa shape index (κ3) is 3.63. The maximum Gasteiger partial charge on any atom is 0.344 e. The number of halogens is 2. The third-order valence-corrected chi connectivity index (χ3v) is 3.29. The van der Waals surface area contributed by atoms with E-state index in [-0.39, 0.29) is 11.7 Å². The lowest BCUT2D eigenvalue weighted by molar-refractivity contribution is 0.0418. The number of carbonyl (C=O) groups is 1. The summed E-state index contributed by atoms with van der Waals surface area (Å²) in [6.45, 7) is -0.413. The van der Waals surface area contributed by atoms with Crippen LogP contribution in [0.25, 0.3) is 11.4 Å². The molecule has 0 unspecified atom stereocenters. The maximum atomic E-state index is 13.5. The van der Waals surface area contributed by atoms with Gasteiger partial charge in [-0.3, -0.25) is 0 Å². The van der Waals surface area contributed by atoms with Crippen LogP contribution in [0.2, 0.25) is 0 Å². The van der Waals surface area contributed by atoms with Crippen molar-refractivity contribution in [1.82, 2.24) is 10.1 Å². The average Bonchev–Trinajstić information content (AvgIpc) is 3.09. The van der Waals surface area contributed by atoms with Crippen LogP contribution in [0, 0.1) is 11.6 Å². The van der Waals surface area contributed by atoms with Crippen LogP contribution >= 0.6 is 0 Å². The lowest BCUT2D eigenvalue weighted by atomic mass is 10.2. The third-order valence-electron chi connectivity index (χ3n) is 3.29. The highest BCUT2D eigenvalue weighted by molar-refractivity contribution is 5.89. The van der Waals surface area contributed by atoms with Crippen molar-refractivity contribution < 1.29 is 27.6 Å². The molecule has 2 aromatic carbocycles. The molecule has 0 atom stereocenters. The summed E-state index contributed by atoms with van der Waals surface area (Å²) in [6, 6.07) is 10.0. The molecule has 0 amide bonds. The van der Waals surface area contributed by atoms with Crippen molar-refractivity contribution >= 4 is 5.97 Å². The van der Waals surface area contributed by atoms with Gasteiger partial charge in [0.05, 0.1) is 7.11 Å². The minimum atomic E-state index is -1.16. The van der Waals surface area contributed by atoms with Crippen molar-refractivity contribution in [2.45, 2.75) is 6.61 Å². The molecule has 128 valence electrons. The maximum absolute atomic E-state index is 13.5. The van der Waals surface area contributed by atoms with E-state index in [1.165, 1.54) is 7.11 Å². The fraction of sp³-hybridized carbons (Fsp3) is 0.118. The Hall–Kier alpha value is -3.29. The van der Waals surface area contributed by atoms with Gasteiger partial charge in [-0.25, -0.2) is 13.6 Å². The molecule has 0 spiro atoms. The van der Waals surface area contributed by atoms with Gasteiger partial charge in [0.2, 0.25) is 5.82 Å². The molecule has 6 nitrogen and oxygen atoms in total. The Labute approximate surface area is 141 Å². The van der Waals surface area contributed by atoms with Gasteiger partial charge in [-0.15, -0.1) is 0 Å². The summed E-state index contributed by atoms with van der Waals surface area (Å²) in [5, 5.41) is 3.77. The van der Waals surface area contributed by atoms with Gasteiger partial charge in [0.25, 0.3) is 5.89 Å². The molecular weight excluding hydrogens is 334 g/mol. The zero-order valence-electron chi connectivity index (χ0n) is 13.0. The molecule has 0 radical (unpaired) electrons. The fourth-order valence-corrected chi connectivity index (χ4v) is 2.09. The highest BCUT2D eigenvalue weighted by Gasteiger charge is 2.20. The van der Waals surface area contributed by atoms with Crippen molar-refractivity contribution in [3.05, 3.63) is 65.6 Å². The Morgan fingerprint density at radius 1 is 1.16 bits per heavy atom. The quantitative estimate of drug-likeness (QED) is 0.659. The lowest BCUT2D eigenvalue weighted by Gasteiger charge is -2.04. The molecule has 1 aromatic heterocycles. The summed E-state index contributed by atoms with van der Waals surface area (Å²) < 4.78 is 41.9. The van der Waals surface area contributed by atoms with E-state index in [9.17, 15) is 13.6 Å². The van der Waals surface area contributed by atoms with Gasteiger partial charge in [0.15, 0.2) is 6.61 Å². The normalized spacial score (nSPS) is 10.5. The monoisotopic (exact) mass is 346 g/mol. The molecule has 0 aliphatic carbocycles. The van der Waals surface area contributed by atoms with Crippen molar-refractivity contribution in [3.8, 4) is 17.1 Å². The summed E-state index contributed by atoms with van der Waals surface area (Å²) in [5.74, 6) is -2.30. The number of methoxy groups -OCH3 is 1. The van der Waals surface area contributed by atoms with Crippen LogP contribution < -0.4 is 4.74 Å². The summed E-state index contributed by atoms with van der Waals surface area (Å²) in [5.41, 5.74) is -0.129. The van der Waals surface area contributed by atoms with E-state index in [1.807, 2.05) is 0 Å². The molecule has 0 bridgehead atoms. The Morgan fingerprint density at radius 2 is 1.88 bits per heavy atom. The van der Waals surface area contributed by atoms with E-state index in [0.29, 0.717) is 11.3 Å². The van der Waals surface area contributed by atoms with E-state index in [2.05, 4.69) is 10.1 Å². The van der Waals surface area contributed by atoms with Crippen molar-refractivity contribution in [2.24, 2.45) is 0 Å². The van der Waals surface area contributed by atoms with Crippen LogP contribution in [0.4, 0.5) is 8.78 Å². The van der Waals surface area contributed by atoms with Gasteiger partial charge in [-0.05, 0) is 24.3 Å². The predicted octanol–water partition coefficient (Wildman–Crippen LogP) is 3.38. The SMILES string of the molecule is COc1cccc(-c2noc(COC(=O)c3c(F)cccc3F)n2)c1. The summed E-state index contributed by atoms with van der Waals surface area (Å²) in [4.78, 5) is 15.9.